The van der Waals surface area contributed by atoms with Gasteiger partial charge in [0.1, 0.15) is 34.9 Å². The number of aromatic nitrogens is 4. The number of carbonyl (C=O) groups excluding carboxylic acids is 1. The van der Waals surface area contributed by atoms with Crippen LogP contribution in [0, 0.1) is 6.92 Å². The highest BCUT2D eigenvalue weighted by atomic mass is 19.4. The van der Waals surface area contributed by atoms with Crippen LogP contribution in [-0.2, 0) is 6.18 Å². The van der Waals surface area contributed by atoms with E-state index in [1.807, 2.05) is 18.2 Å². The predicted octanol–water partition coefficient (Wildman–Crippen LogP) is 4.51. The summed E-state index contributed by atoms with van der Waals surface area (Å²) >= 11 is 0. The topological polar surface area (TPSA) is 95.1 Å². The van der Waals surface area contributed by atoms with Gasteiger partial charge in [0.25, 0.3) is 5.91 Å². The van der Waals surface area contributed by atoms with Crippen molar-refractivity contribution in [3.8, 4) is 23.0 Å². The second kappa shape index (κ2) is 8.17. The molecule has 3 aromatic heterocycles. The number of nitrogens with zero attached hydrogens (tertiary/aromatic N) is 4. The number of imidazole rings is 1. The molecule has 0 radical (unpaired) electrons. The zero-order chi connectivity index (χ0) is 22.9. The number of amides is 1. The van der Waals surface area contributed by atoms with Gasteiger partial charge in [0, 0.05) is 11.8 Å². The predicted molar refractivity (Wildman–Crippen MR) is 108 cm³/mol. The molecule has 0 spiro atoms. The number of hydrogen-bond donors (Lipinski definition) is 1. The molecule has 4 aromatic rings. The number of halogens is 3. The molecule has 1 aromatic carbocycles. The first-order chi connectivity index (χ1) is 15.3. The number of ether oxygens (including phenoxy) is 1. The van der Waals surface area contributed by atoms with Crippen molar-refractivity contribution in [3.05, 3.63) is 72.0 Å². The fourth-order valence-electron chi connectivity index (χ4n) is 3.04. The van der Waals surface area contributed by atoms with Gasteiger partial charge in [0.15, 0.2) is 5.69 Å². The van der Waals surface area contributed by atoms with E-state index in [2.05, 4.69) is 20.4 Å². The van der Waals surface area contributed by atoms with Crippen LogP contribution in [0.2, 0.25) is 0 Å². The highest BCUT2D eigenvalue weighted by molar-refractivity contribution is 6.09. The molecule has 32 heavy (non-hydrogen) atoms. The number of nitrogens with one attached hydrogen (secondary N) is 1. The van der Waals surface area contributed by atoms with Gasteiger partial charge in [0.2, 0.25) is 5.88 Å². The van der Waals surface area contributed by atoms with E-state index >= 15 is 0 Å². The van der Waals surface area contributed by atoms with Crippen LogP contribution in [0.4, 0.5) is 18.9 Å². The number of hydrogen-bond acceptors (Lipinski definition) is 6. The molecule has 0 unspecified atom stereocenters. The Hall–Kier alpha value is -4.15. The third-order valence-electron chi connectivity index (χ3n) is 4.56. The summed E-state index contributed by atoms with van der Waals surface area (Å²) in [5.41, 5.74) is 0.494. The molecule has 0 aliphatic rings. The second-order valence-electron chi connectivity index (χ2n) is 6.67. The zero-order valence-electron chi connectivity index (χ0n) is 16.8. The van der Waals surface area contributed by atoms with Gasteiger partial charge in [-0.1, -0.05) is 35.5 Å². The molecule has 0 aliphatic carbocycles. The number of methoxy groups -OCH3 is 1. The van der Waals surface area contributed by atoms with Crippen LogP contribution in [0.25, 0.3) is 17.1 Å². The number of rotatable bonds is 5. The minimum atomic E-state index is -4.57. The van der Waals surface area contributed by atoms with Crippen molar-refractivity contribution in [3.63, 3.8) is 0 Å². The summed E-state index contributed by atoms with van der Waals surface area (Å²) in [6, 6.07) is 12.0. The Labute approximate surface area is 179 Å². The molecule has 0 saturated carbocycles. The first kappa shape index (κ1) is 21.1. The number of anilines is 1. The minimum absolute atomic E-state index is 0.00785. The summed E-state index contributed by atoms with van der Waals surface area (Å²) in [5, 5.41) is 6.67. The Balaban J connectivity index is 1.63. The normalized spacial score (nSPS) is 11.4. The van der Waals surface area contributed by atoms with Gasteiger partial charge < -0.3 is 14.6 Å². The summed E-state index contributed by atoms with van der Waals surface area (Å²) in [4.78, 5) is 20.5. The molecule has 8 nitrogen and oxygen atoms in total. The van der Waals surface area contributed by atoms with Crippen molar-refractivity contribution in [2.45, 2.75) is 13.1 Å². The lowest BCUT2D eigenvalue weighted by molar-refractivity contribution is -0.140. The van der Waals surface area contributed by atoms with Gasteiger partial charge in [-0.15, -0.1) is 0 Å². The number of pyridine rings is 1. The van der Waals surface area contributed by atoms with Crippen molar-refractivity contribution >= 4 is 11.6 Å². The van der Waals surface area contributed by atoms with Crippen molar-refractivity contribution in [2.24, 2.45) is 0 Å². The van der Waals surface area contributed by atoms with E-state index in [1.54, 1.807) is 19.1 Å². The molecular weight excluding hydrogens is 427 g/mol. The van der Waals surface area contributed by atoms with Crippen molar-refractivity contribution < 1.29 is 27.2 Å². The van der Waals surface area contributed by atoms with Gasteiger partial charge in [-0.2, -0.15) is 18.2 Å². The number of benzene rings is 1. The highest BCUT2D eigenvalue weighted by Crippen LogP contribution is 2.30. The molecule has 3 heterocycles. The summed E-state index contributed by atoms with van der Waals surface area (Å²) < 4.78 is 50.0. The molecule has 4 rings (SSSR count). The summed E-state index contributed by atoms with van der Waals surface area (Å²) in [5.74, 6) is -0.0390. The van der Waals surface area contributed by atoms with Crippen molar-refractivity contribution in [2.75, 3.05) is 12.4 Å². The lowest BCUT2D eigenvalue weighted by atomic mass is 10.1. The van der Waals surface area contributed by atoms with Crippen LogP contribution >= 0.6 is 0 Å². The fourth-order valence-corrected chi connectivity index (χ4v) is 3.04. The Morgan fingerprint density at radius 1 is 1.16 bits per heavy atom. The van der Waals surface area contributed by atoms with Gasteiger partial charge >= 0.3 is 6.18 Å². The van der Waals surface area contributed by atoms with E-state index in [9.17, 15) is 18.0 Å². The second-order valence-corrected chi connectivity index (χ2v) is 6.67. The van der Waals surface area contributed by atoms with Gasteiger partial charge in [0.05, 0.1) is 7.11 Å². The van der Waals surface area contributed by atoms with E-state index in [4.69, 9.17) is 9.26 Å². The largest absolute Gasteiger partial charge is 0.479 e. The van der Waals surface area contributed by atoms with E-state index in [1.165, 1.54) is 19.2 Å². The Morgan fingerprint density at radius 3 is 2.56 bits per heavy atom. The number of carbonyl (C=O) groups is 1. The van der Waals surface area contributed by atoms with E-state index in [0.29, 0.717) is 17.0 Å². The monoisotopic (exact) mass is 443 g/mol. The molecule has 11 heteroatoms. The van der Waals surface area contributed by atoms with Gasteiger partial charge in [-0.05, 0) is 19.1 Å². The fraction of sp³-hybridized carbons (Fsp3) is 0.143. The molecule has 1 amide bonds. The maximum atomic E-state index is 13.0. The SMILES string of the molecule is COc1nc(-n2cnc(C(F)(F)F)c2)ccc1NC(=O)c1c(-c2ccccc2)noc1C. The summed E-state index contributed by atoms with van der Waals surface area (Å²) in [6.45, 7) is 1.62. The van der Waals surface area contributed by atoms with Crippen molar-refractivity contribution in [1.82, 2.24) is 19.7 Å². The minimum Gasteiger partial charge on any atom is -0.479 e. The zero-order valence-corrected chi connectivity index (χ0v) is 16.8. The van der Waals surface area contributed by atoms with Gasteiger partial charge in [-0.25, -0.2) is 4.98 Å². The standard InChI is InChI=1S/C21H16F3N5O3/c1-12-17(18(28-32-12)13-6-4-3-5-7-13)19(30)26-14-8-9-16(27-20(14)31-2)29-10-15(25-11-29)21(22,23)24/h3-11H,1-2H3,(H,26,30). The Bertz CT molecular complexity index is 1270. The molecule has 0 bridgehead atoms. The summed E-state index contributed by atoms with van der Waals surface area (Å²) in [6.07, 6.45) is -2.77. The van der Waals surface area contributed by atoms with Crippen LogP contribution in [0.15, 0.2) is 59.5 Å². The third kappa shape index (κ3) is 4.04. The molecule has 0 atom stereocenters. The smallest absolute Gasteiger partial charge is 0.434 e. The quantitative estimate of drug-likeness (QED) is 0.488. The maximum absolute atomic E-state index is 13.0. The van der Waals surface area contributed by atoms with Crippen molar-refractivity contribution in [1.29, 1.82) is 0 Å². The highest BCUT2D eigenvalue weighted by Gasteiger charge is 2.33. The van der Waals surface area contributed by atoms with Gasteiger partial charge in [-0.3, -0.25) is 9.36 Å². The lowest BCUT2D eigenvalue weighted by Gasteiger charge is -2.11. The van der Waals surface area contributed by atoms with Crippen LogP contribution in [0.3, 0.4) is 0 Å². The van der Waals surface area contributed by atoms with Crippen LogP contribution in [-0.4, -0.2) is 32.7 Å². The van der Waals surface area contributed by atoms with Crippen LogP contribution < -0.4 is 10.1 Å². The lowest BCUT2D eigenvalue weighted by Crippen LogP contribution is -2.15. The average Bonchev–Trinajstić information content (AvgIpc) is 3.42. The summed E-state index contributed by atoms with van der Waals surface area (Å²) in [7, 11) is 1.33. The maximum Gasteiger partial charge on any atom is 0.434 e. The molecule has 0 saturated heterocycles. The third-order valence-corrected chi connectivity index (χ3v) is 4.56. The Morgan fingerprint density at radius 2 is 1.91 bits per heavy atom. The average molecular weight is 443 g/mol. The molecule has 164 valence electrons. The number of aryl methyl sites for hydroxylation is 1. The van der Waals surface area contributed by atoms with Crippen LogP contribution in [0.1, 0.15) is 21.8 Å². The molecular formula is C21H16F3N5O3. The molecule has 1 N–H and O–H groups in total. The number of alkyl halides is 3. The molecule has 0 aliphatic heterocycles. The Kier molecular flexibility index (Phi) is 5.39. The van der Waals surface area contributed by atoms with Crippen LogP contribution in [0.5, 0.6) is 5.88 Å². The van der Waals surface area contributed by atoms with E-state index < -0.39 is 17.8 Å². The van der Waals surface area contributed by atoms with E-state index in [0.717, 1.165) is 17.1 Å². The van der Waals surface area contributed by atoms with E-state index in [-0.39, 0.29) is 22.9 Å². The first-order valence-corrected chi connectivity index (χ1v) is 9.27. The molecule has 0 fully saturated rings. The first-order valence-electron chi connectivity index (χ1n) is 9.27.